The fraction of sp³-hybridized carbons (Fsp3) is 1.00. The van der Waals surface area contributed by atoms with E-state index in [0.29, 0.717) is 0 Å². The van der Waals surface area contributed by atoms with Crippen LogP contribution in [0.5, 0.6) is 0 Å². The predicted molar refractivity (Wildman–Crippen MR) is 71.6 cm³/mol. The van der Waals surface area contributed by atoms with E-state index in [1.54, 1.807) is 0 Å². The smallest absolute Gasteiger partial charge is 0.0477 e. The van der Waals surface area contributed by atoms with Crippen LogP contribution in [0.25, 0.3) is 0 Å². The van der Waals surface area contributed by atoms with Crippen molar-refractivity contribution >= 4 is 0 Å². The number of nitrogens with zero attached hydrogens (tertiary/aromatic N) is 2. The minimum Gasteiger partial charge on any atom is -0.330 e. The van der Waals surface area contributed by atoms with Gasteiger partial charge >= 0.3 is 0 Å². The van der Waals surface area contributed by atoms with Gasteiger partial charge in [-0.3, -0.25) is 4.90 Å². The summed E-state index contributed by atoms with van der Waals surface area (Å²) >= 11 is 0. The van der Waals surface area contributed by atoms with Crippen LogP contribution in [0.2, 0.25) is 0 Å². The van der Waals surface area contributed by atoms with Crippen molar-refractivity contribution in [1.29, 1.82) is 0 Å². The Hall–Kier alpha value is -0.160. The molecule has 0 rings (SSSR count). The van der Waals surface area contributed by atoms with Gasteiger partial charge in [0.25, 0.3) is 0 Å². The van der Waals surface area contributed by atoms with Crippen LogP contribution in [0.3, 0.4) is 0 Å². The second-order valence-electron chi connectivity index (χ2n) is 4.26. The summed E-state index contributed by atoms with van der Waals surface area (Å²) in [6, 6.07) is 0. The molecule has 0 aliphatic heterocycles. The summed E-state index contributed by atoms with van der Waals surface area (Å²) < 4.78 is 0. The molecule has 16 heavy (non-hydrogen) atoms. The molecular weight excluding hydrogens is 200 g/mol. The van der Waals surface area contributed by atoms with Gasteiger partial charge in [0.05, 0.1) is 0 Å². The molecule has 0 aliphatic carbocycles. The highest BCUT2D eigenvalue weighted by Crippen LogP contribution is 1.89. The van der Waals surface area contributed by atoms with E-state index < -0.39 is 0 Å². The number of nitrogens with one attached hydrogen (secondary N) is 1. The third-order valence-corrected chi connectivity index (χ3v) is 2.85. The summed E-state index contributed by atoms with van der Waals surface area (Å²) in [6.07, 6.45) is 2.31. The largest absolute Gasteiger partial charge is 0.330 e. The monoisotopic (exact) mass is 230 g/mol. The first-order valence-corrected chi connectivity index (χ1v) is 6.56. The Balaban J connectivity index is 3.25. The highest BCUT2D eigenvalue weighted by atomic mass is 15.2. The summed E-state index contributed by atoms with van der Waals surface area (Å²) in [6.45, 7) is 11.9. The summed E-state index contributed by atoms with van der Waals surface area (Å²) in [4.78, 5) is 4.74. The number of rotatable bonds is 11. The molecule has 3 N–H and O–H groups in total. The predicted octanol–water partition coefficient (Wildman–Crippen LogP) is 0.546. The lowest BCUT2D eigenvalue weighted by atomic mass is 10.3. The van der Waals surface area contributed by atoms with Crippen LogP contribution in [-0.2, 0) is 0 Å². The summed E-state index contributed by atoms with van der Waals surface area (Å²) in [5, 5.41) is 3.46. The first kappa shape index (κ1) is 15.8. The van der Waals surface area contributed by atoms with Crippen molar-refractivity contribution in [2.45, 2.75) is 26.7 Å². The Kier molecular flexibility index (Phi) is 11.2. The lowest BCUT2D eigenvalue weighted by Gasteiger charge is -2.19. The maximum atomic E-state index is 5.46. The molecule has 0 aliphatic rings. The first-order valence-electron chi connectivity index (χ1n) is 6.56. The van der Waals surface area contributed by atoms with Gasteiger partial charge in [-0.2, -0.15) is 0 Å². The van der Waals surface area contributed by atoms with E-state index in [1.807, 2.05) is 0 Å². The zero-order valence-corrected chi connectivity index (χ0v) is 11.3. The molecule has 0 heterocycles. The van der Waals surface area contributed by atoms with Crippen molar-refractivity contribution in [3.05, 3.63) is 0 Å². The second kappa shape index (κ2) is 11.3. The van der Waals surface area contributed by atoms with Crippen molar-refractivity contribution in [3.63, 3.8) is 0 Å². The van der Waals surface area contributed by atoms with Crippen molar-refractivity contribution in [1.82, 2.24) is 15.1 Å². The molecule has 0 saturated carbocycles. The molecular formula is C12H30N4. The molecule has 0 atom stereocenters. The quantitative estimate of drug-likeness (QED) is 0.402. The average molecular weight is 230 g/mol. The fourth-order valence-corrected chi connectivity index (χ4v) is 1.68. The van der Waals surface area contributed by atoms with Gasteiger partial charge in [-0.05, 0) is 52.6 Å². The maximum Gasteiger partial charge on any atom is 0.0477 e. The molecule has 0 radical (unpaired) electrons. The SMILES string of the molecule is CCN(CC)CCCNCN(C)CCCN. The van der Waals surface area contributed by atoms with Crippen LogP contribution in [0.4, 0.5) is 0 Å². The second-order valence-corrected chi connectivity index (χ2v) is 4.26. The third-order valence-electron chi connectivity index (χ3n) is 2.85. The molecule has 0 spiro atoms. The molecule has 0 aromatic heterocycles. The number of hydrogen-bond donors (Lipinski definition) is 2. The Morgan fingerprint density at radius 3 is 2.31 bits per heavy atom. The van der Waals surface area contributed by atoms with Crippen LogP contribution in [0, 0.1) is 0 Å². The van der Waals surface area contributed by atoms with E-state index in [2.05, 4.69) is 36.0 Å². The van der Waals surface area contributed by atoms with Crippen molar-refractivity contribution in [2.24, 2.45) is 5.73 Å². The number of hydrogen-bond acceptors (Lipinski definition) is 4. The lowest BCUT2D eigenvalue weighted by Crippen LogP contribution is -2.34. The van der Waals surface area contributed by atoms with Crippen LogP contribution in [-0.4, -0.2) is 62.8 Å². The molecule has 4 nitrogen and oxygen atoms in total. The zero-order valence-electron chi connectivity index (χ0n) is 11.3. The van der Waals surface area contributed by atoms with Crippen LogP contribution < -0.4 is 11.1 Å². The molecule has 0 aromatic carbocycles. The summed E-state index contributed by atoms with van der Waals surface area (Å²) in [7, 11) is 2.13. The van der Waals surface area contributed by atoms with Crippen molar-refractivity contribution in [2.75, 3.05) is 53.0 Å². The topological polar surface area (TPSA) is 44.5 Å². The molecule has 0 aromatic rings. The van der Waals surface area contributed by atoms with E-state index in [-0.39, 0.29) is 0 Å². The number of nitrogens with two attached hydrogens (primary N) is 1. The van der Waals surface area contributed by atoms with Crippen molar-refractivity contribution in [3.8, 4) is 0 Å². The first-order chi connectivity index (χ1) is 7.74. The molecule has 0 unspecified atom stereocenters. The van der Waals surface area contributed by atoms with E-state index in [4.69, 9.17) is 5.73 Å². The minimum absolute atomic E-state index is 0.784. The zero-order chi connectivity index (χ0) is 12.2. The Labute approximate surface area is 101 Å². The standard InChI is InChI=1S/C12H30N4/c1-4-16(5-2)11-7-9-14-12-15(3)10-6-8-13/h14H,4-13H2,1-3H3. The average Bonchev–Trinajstić information content (AvgIpc) is 2.31. The summed E-state index contributed by atoms with van der Waals surface area (Å²) in [5.74, 6) is 0. The van der Waals surface area contributed by atoms with Crippen LogP contribution >= 0.6 is 0 Å². The molecule has 98 valence electrons. The molecule has 4 heteroatoms. The van der Waals surface area contributed by atoms with Gasteiger partial charge < -0.3 is 16.0 Å². The van der Waals surface area contributed by atoms with E-state index >= 15 is 0 Å². The van der Waals surface area contributed by atoms with Gasteiger partial charge in [-0.1, -0.05) is 13.8 Å². The lowest BCUT2D eigenvalue weighted by molar-refractivity contribution is 0.279. The highest BCUT2D eigenvalue weighted by Gasteiger charge is 1.99. The maximum absolute atomic E-state index is 5.46. The fourth-order valence-electron chi connectivity index (χ4n) is 1.68. The Bertz CT molecular complexity index is 137. The van der Waals surface area contributed by atoms with E-state index in [0.717, 1.165) is 45.8 Å². The third kappa shape index (κ3) is 9.09. The van der Waals surface area contributed by atoms with Gasteiger partial charge in [0.2, 0.25) is 0 Å². The Morgan fingerprint density at radius 1 is 1.06 bits per heavy atom. The van der Waals surface area contributed by atoms with Gasteiger partial charge in [-0.25, -0.2) is 0 Å². The normalized spacial score (nSPS) is 11.6. The molecule has 0 bridgehead atoms. The minimum atomic E-state index is 0.784. The van der Waals surface area contributed by atoms with Gasteiger partial charge in [0, 0.05) is 13.2 Å². The van der Waals surface area contributed by atoms with Crippen LogP contribution in [0.1, 0.15) is 26.7 Å². The molecule has 0 fully saturated rings. The van der Waals surface area contributed by atoms with E-state index in [9.17, 15) is 0 Å². The van der Waals surface area contributed by atoms with Gasteiger partial charge in [0.1, 0.15) is 0 Å². The molecule has 0 saturated heterocycles. The van der Waals surface area contributed by atoms with Crippen LogP contribution in [0.15, 0.2) is 0 Å². The molecule has 0 amide bonds. The van der Waals surface area contributed by atoms with E-state index in [1.165, 1.54) is 13.0 Å². The van der Waals surface area contributed by atoms with Crippen molar-refractivity contribution < 1.29 is 0 Å². The Morgan fingerprint density at radius 2 is 1.75 bits per heavy atom. The van der Waals surface area contributed by atoms with Gasteiger partial charge in [-0.15, -0.1) is 0 Å². The highest BCUT2D eigenvalue weighted by molar-refractivity contribution is 4.56. The van der Waals surface area contributed by atoms with Gasteiger partial charge in [0.15, 0.2) is 0 Å². The summed E-state index contributed by atoms with van der Waals surface area (Å²) in [5.41, 5.74) is 5.46.